The zero-order valence-corrected chi connectivity index (χ0v) is 18.8. The molecule has 1 atom stereocenters. The van der Waals surface area contributed by atoms with E-state index in [1.807, 2.05) is 13.8 Å². The monoisotopic (exact) mass is 435 g/mol. The van der Waals surface area contributed by atoms with Crippen molar-refractivity contribution in [1.29, 1.82) is 0 Å². The molecule has 29 heavy (non-hydrogen) atoms. The van der Waals surface area contributed by atoms with Gasteiger partial charge in [-0.2, -0.15) is 0 Å². The fourth-order valence-corrected chi connectivity index (χ4v) is 5.08. The van der Waals surface area contributed by atoms with E-state index in [1.165, 1.54) is 11.3 Å². The van der Waals surface area contributed by atoms with Gasteiger partial charge in [0.25, 0.3) is 5.91 Å². The zero-order chi connectivity index (χ0) is 21.1. The number of halogens is 1. The molecule has 0 spiro atoms. The molecule has 0 aliphatic heterocycles. The summed E-state index contributed by atoms with van der Waals surface area (Å²) in [4.78, 5) is 26.2. The number of hydrogen-bond acceptors (Lipinski definition) is 5. The molecule has 1 N–H and O–H groups in total. The number of hydrogen-bond donors (Lipinski definition) is 1. The zero-order valence-electron chi connectivity index (χ0n) is 17.2. The average molecular weight is 436 g/mol. The lowest BCUT2D eigenvalue weighted by atomic mass is 9.88. The molecule has 3 rings (SSSR count). The summed E-state index contributed by atoms with van der Waals surface area (Å²) in [5.74, 6) is 0.469. The fraction of sp³-hybridized carbons (Fsp3) is 0.455. The van der Waals surface area contributed by atoms with Gasteiger partial charge in [0.1, 0.15) is 10.8 Å². The normalized spacial score (nSPS) is 15.6. The maximum atomic E-state index is 12.5. The van der Waals surface area contributed by atoms with Gasteiger partial charge in [-0.1, -0.05) is 18.5 Å². The Labute approximate surface area is 180 Å². The number of fused-ring (bicyclic) bond motifs is 1. The second kappa shape index (κ2) is 9.18. The van der Waals surface area contributed by atoms with Crippen LogP contribution in [0.4, 0.5) is 5.00 Å². The van der Waals surface area contributed by atoms with E-state index >= 15 is 0 Å². The average Bonchev–Trinajstić information content (AvgIpc) is 3.01. The van der Waals surface area contributed by atoms with E-state index in [0.29, 0.717) is 33.9 Å². The number of carbonyl (C=O) groups excluding carboxylic acids is 2. The molecular weight excluding hydrogens is 410 g/mol. The first-order valence-corrected chi connectivity index (χ1v) is 11.0. The molecule has 1 unspecified atom stereocenters. The van der Waals surface area contributed by atoms with Gasteiger partial charge in [0.05, 0.1) is 12.2 Å². The first kappa shape index (κ1) is 21.7. The van der Waals surface area contributed by atoms with Crippen LogP contribution in [0.15, 0.2) is 12.1 Å². The molecule has 1 aromatic carbocycles. The predicted octanol–water partition coefficient (Wildman–Crippen LogP) is 5.34. The van der Waals surface area contributed by atoms with Crippen LogP contribution in [0.5, 0.6) is 5.75 Å². The molecule has 1 aliphatic carbocycles. The fourth-order valence-electron chi connectivity index (χ4n) is 3.56. The number of anilines is 1. The quantitative estimate of drug-likeness (QED) is 0.622. The van der Waals surface area contributed by atoms with Gasteiger partial charge < -0.3 is 14.8 Å². The predicted molar refractivity (Wildman–Crippen MR) is 117 cm³/mol. The highest BCUT2D eigenvalue weighted by Crippen LogP contribution is 2.40. The van der Waals surface area contributed by atoms with E-state index in [-0.39, 0.29) is 18.5 Å². The Morgan fingerprint density at radius 2 is 1.97 bits per heavy atom. The van der Waals surface area contributed by atoms with Gasteiger partial charge in [0, 0.05) is 9.90 Å². The minimum atomic E-state index is -0.375. The van der Waals surface area contributed by atoms with Crippen molar-refractivity contribution in [3.63, 3.8) is 0 Å². The first-order chi connectivity index (χ1) is 13.8. The summed E-state index contributed by atoms with van der Waals surface area (Å²) < 4.78 is 10.9. The molecule has 7 heteroatoms. The number of thiophene rings is 1. The Hall–Kier alpha value is -2.05. The van der Waals surface area contributed by atoms with E-state index in [9.17, 15) is 9.59 Å². The number of aryl methyl sites for hydroxylation is 2. The highest BCUT2D eigenvalue weighted by molar-refractivity contribution is 7.17. The van der Waals surface area contributed by atoms with Crippen LogP contribution in [0.2, 0.25) is 5.02 Å². The van der Waals surface area contributed by atoms with Gasteiger partial charge in [-0.25, -0.2) is 4.79 Å². The lowest BCUT2D eigenvalue weighted by Gasteiger charge is -2.18. The maximum absolute atomic E-state index is 12.5. The number of nitrogens with one attached hydrogen (secondary N) is 1. The van der Waals surface area contributed by atoms with Crippen molar-refractivity contribution in [1.82, 2.24) is 0 Å². The van der Waals surface area contributed by atoms with E-state index in [2.05, 4.69) is 12.2 Å². The Morgan fingerprint density at radius 3 is 2.62 bits per heavy atom. The van der Waals surface area contributed by atoms with Crippen LogP contribution in [0.3, 0.4) is 0 Å². The number of benzene rings is 1. The van der Waals surface area contributed by atoms with E-state index in [1.54, 1.807) is 19.1 Å². The topological polar surface area (TPSA) is 64.6 Å². The minimum absolute atomic E-state index is 0.151. The third-order valence-corrected chi connectivity index (χ3v) is 6.79. The molecule has 0 fully saturated rings. The van der Waals surface area contributed by atoms with Crippen LogP contribution in [-0.2, 0) is 22.4 Å². The summed E-state index contributed by atoms with van der Waals surface area (Å²) in [5.41, 5.74) is 3.32. The standard InChI is InChI=1S/C22H26ClNO4S/c1-5-27-22(26)19-16-7-6-12(2)8-17(16)29-21(19)24-18(25)11-28-15-9-13(3)20(23)14(4)10-15/h9-10,12H,5-8,11H2,1-4H3,(H,24,25). The van der Waals surface area contributed by atoms with Crippen molar-refractivity contribution in [2.24, 2.45) is 5.92 Å². The largest absolute Gasteiger partial charge is 0.484 e. The van der Waals surface area contributed by atoms with Gasteiger partial charge >= 0.3 is 5.97 Å². The number of rotatable bonds is 6. The smallest absolute Gasteiger partial charge is 0.341 e. The summed E-state index contributed by atoms with van der Waals surface area (Å²) in [5, 5.41) is 4.11. The molecule has 1 heterocycles. The molecular formula is C22H26ClNO4S. The summed E-state index contributed by atoms with van der Waals surface area (Å²) in [6.45, 7) is 7.92. The number of esters is 1. The highest BCUT2D eigenvalue weighted by Gasteiger charge is 2.29. The second-order valence-corrected chi connectivity index (χ2v) is 8.97. The molecule has 1 aliphatic rings. The third kappa shape index (κ3) is 4.93. The molecule has 5 nitrogen and oxygen atoms in total. The summed E-state index contributed by atoms with van der Waals surface area (Å²) in [6, 6.07) is 3.61. The Balaban J connectivity index is 1.75. The van der Waals surface area contributed by atoms with Crippen molar-refractivity contribution in [3.8, 4) is 5.75 Å². The highest BCUT2D eigenvalue weighted by atomic mass is 35.5. The number of carbonyl (C=O) groups is 2. The third-order valence-electron chi connectivity index (χ3n) is 5.02. The van der Waals surface area contributed by atoms with Crippen molar-refractivity contribution < 1.29 is 19.1 Å². The van der Waals surface area contributed by atoms with Crippen LogP contribution in [0.1, 0.15) is 52.2 Å². The van der Waals surface area contributed by atoms with E-state index in [0.717, 1.165) is 40.8 Å². The molecule has 1 amide bonds. The maximum Gasteiger partial charge on any atom is 0.341 e. The minimum Gasteiger partial charge on any atom is -0.484 e. The summed E-state index contributed by atoms with van der Waals surface area (Å²) >= 11 is 7.65. The Kier molecular flexibility index (Phi) is 6.85. The molecule has 0 bridgehead atoms. The van der Waals surface area contributed by atoms with E-state index in [4.69, 9.17) is 21.1 Å². The van der Waals surface area contributed by atoms with Gasteiger partial charge in [-0.05, 0) is 74.8 Å². The lowest BCUT2D eigenvalue weighted by molar-refractivity contribution is -0.118. The molecule has 1 aromatic heterocycles. The number of amides is 1. The second-order valence-electron chi connectivity index (χ2n) is 7.48. The van der Waals surface area contributed by atoms with Crippen LogP contribution < -0.4 is 10.1 Å². The van der Waals surface area contributed by atoms with Gasteiger partial charge in [0.15, 0.2) is 6.61 Å². The Morgan fingerprint density at radius 1 is 1.28 bits per heavy atom. The van der Waals surface area contributed by atoms with Gasteiger partial charge in [-0.3, -0.25) is 4.79 Å². The molecule has 0 saturated heterocycles. The Bertz CT molecular complexity index is 914. The SMILES string of the molecule is CCOC(=O)c1c(NC(=O)COc2cc(C)c(Cl)c(C)c2)sc2c1CCC(C)C2. The van der Waals surface area contributed by atoms with Crippen LogP contribution in [-0.4, -0.2) is 25.1 Å². The van der Waals surface area contributed by atoms with Crippen molar-refractivity contribution in [2.75, 3.05) is 18.5 Å². The van der Waals surface area contributed by atoms with Crippen molar-refractivity contribution in [3.05, 3.63) is 44.3 Å². The summed E-state index contributed by atoms with van der Waals surface area (Å²) in [6.07, 6.45) is 2.78. The first-order valence-electron chi connectivity index (χ1n) is 9.81. The van der Waals surface area contributed by atoms with E-state index < -0.39 is 0 Å². The van der Waals surface area contributed by atoms with Crippen LogP contribution in [0, 0.1) is 19.8 Å². The van der Waals surface area contributed by atoms with Crippen molar-refractivity contribution >= 4 is 39.8 Å². The molecule has 0 saturated carbocycles. The van der Waals surface area contributed by atoms with Gasteiger partial charge in [-0.15, -0.1) is 11.3 Å². The summed E-state index contributed by atoms with van der Waals surface area (Å²) in [7, 11) is 0. The number of ether oxygens (including phenoxy) is 2. The molecule has 156 valence electrons. The molecule has 0 radical (unpaired) electrons. The van der Waals surface area contributed by atoms with Gasteiger partial charge in [0.2, 0.25) is 0 Å². The van der Waals surface area contributed by atoms with Crippen molar-refractivity contribution in [2.45, 2.75) is 47.0 Å². The lowest BCUT2D eigenvalue weighted by Crippen LogP contribution is -2.21. The molecule has 2 aromatic rings. The van der Waals surface area contributed by atoms with Crippen LogP contribution in [0.25, 0.3) is 0 Å². The van der Waals surface area contributed by atoms with Crippen LogP contribution >= 0.6 is 22.9 Å².